The molecule has 0 spiro atoms. The number of hydrogen-bond donors (Lipinski definition) is 1. The van der Waals surface area contributed by atoms with Crippen molar-refractivity contribution in [2.45, 2.75) is 25.4 Å². The van der Waals surface area contributed by atoms with Gasteiger partial charge in [-0.25, -0.2) is 0 Å². The maximum absolute atomic E-state index is 12.1. The first-order valence-corrected chi connectivity index (χ1v) is 4.56. The quantitative estimate of drug-likeness (QED) is 0.793. The summed E-state index contributed by atoms with van der Waals surface area (Å²) in [6.45, 7) is 0. The second-order valence-corrected chi connectivity index (χ2v) is 3.39. The molecule has 15 heavy (non-hydrogen) atoms. The van der Waals surface area contributed by atoms with Crippen LogP contribution in [-0.4, -0.2) is 17.3 Å². The molecule has 0 radical (unpaired) electrons. The molecule has 0 heterocycles. The van der Waals surface area contributed by atoms with Gasteiger partial charge >= 0.3 is 12.1 Å². The molecule has 1 rings (SSSR count). The lowest BCUT2D eigenvalue weighted by Gasteiger charge is -2.17. The van der Waals surface area contributed by atoms with E-state index in [2.05, 4.69) is 0 Å². The molecule has 2 nitrogen and oxygen atoms in total. The number of carboxylic acids is 1. The van der Waals surface area contributed by atoms with Crippen LogP contribution in [0.25, 0.3) is 0 Å². The topological polar surface area (TPSA) is 37.3 Å². The highest BCUT2D eigenvalue weighted by molar-refractivity contribution is 5.74. The second-order valence-electron chi connectivity index (χ2n) is 3.39. The maximum atomic E-state index is 12.1. The minimum absolute atomic E-state index is 0.256. The van der Waals surface area contributed by atoms with E-state index in [1.165, 1.54) is 6.08 Å². The van der Waals surface area contributed by atoms with E-state index in [1.807, 2.05) is 0 Å². The number of hydrogen-bond acceptors (Lipinski definition) is 1. The van der Waals surface area contributed by atoms with Crippen LogP contribution in [0.1, 0.15) is 19.3 Å². The largest absolute Gasteiger partial charge is 0.481 e. The van der Waals surface area contributed by atoms with Gasteiger partial charge in [0, 0.05) is 0 Å². The van der Waals surface area contributed by atoms with Crippen LogP contribution in [0.4, 0.5) is 13.2 Å². The van der Waals surface area contributed by atoms with E-state index < -0.39 is 24.5 Å². The van der Waals surface area contributed by atoms with Crippen molar-refractivity contribution < 1.29 is 23.1 Å². The summed E-state index contributed by atoms with van der Waals surface area (Å²) in [4.78, 5) is 10.7. The van der Waals surface area contributed by atoms with Gasteiger partial charge in [-0.1, -0.05) is 18.2 Å². The average molecular weight is 220 g/mol. The summed E-state index contributed by atoms with van der Waals surface area (Å²) in [5.74, 6) is -2.90. The third kappa shape index (κ3) is 3.77. The Balaban J connectivity index is 2.79. The normalized spacial score (nSPS) is 18.5. The zero-order chi connectivity index (χ0) is 11.5. The Labute approximate surface area is 85.1 Å². The molecule has 0 aromatic heterocycles. The molecule has 84 valence electrons. The minimum atomic E-state index is -4.45. The monoisotopic (exact) mass is 220 g/mol. The Bertz CT molecular complexity index is 302. The van der Waals surface area contributed by atoms with Crippen LogP contribution in [0.2, 0.25) is 0 Å². The van der Waals surface area contributed by atoms with Gasteiger partial charge in [-0.2, -0.15) is 13.2 Å². The number of alkyl halides is 3. The third-order valence-corrected chi connectivity index (χ3v) is 2.16. The van der Waals surface area contributed by atoms with Crippen LogP contribution in [0.3, 0.4) is 0 Å². The van der Waals surface area contributed by atoms with Crippen molar-refractivity contribution in [1.82, 2.24) is 0 Å². The number of halogens is 3. The molecule has 0 fully saturated rings. The van der Waals surface area contributed by atoms with Crippen LogP contribution >= 0.6 is 0 Å². The number of allylic oxidation sites excluding steroid dienone is 3. The van der Waals surface area contributed by atoms with Gasteiger partial charge in [0.05, 0.1) is 12.3 Å². The molecule has 0 aromatic rings. The molecular formula is C10H11F3O2. The van der Waals surface area contributed by atoms with Gasteiger partial charge in [0.25, 0.3) is 0 Å². The van der Waals surface area contributed by atoms with Crippen LogP contribution in [0.15, 0.2) is 23.8 Å². The zero-order valence-corrected chi connectivity index (χ0v) is 7.92. The van der Waals surface area contributed by atoms with E-state index >= 15 is 0 Å². The van der Waals surface area contributed by atoms with Gasteiger partial charge in [0.2, 0.25) is 0 Å². The van der Waals surface area contributed by atoms with Gasteiger partial charge in [-0.15, -0.1) is 0 Å². The van der Waals surface area contributed by atoms with Gasteiger partial charge in [0.15, 0.2) is 0 Å². The predicted octanol–water partition coefficient (Wildman–Crippen LogP) is 2.92. The molecule has 0 aromatic carbocycles. The van der Waals surface area contributed by atoms with Crippen LogP contribution in [0.5, 0.6) is 0 Å². The maximum Gasteiger partial charge on any atom is 0.390 e. The lowest BCUT2D eigenvalue weighted by molar-refractivity contribution is -0.160. The minimum Gasteiger partial charge on any atom is -0.481 e. The summed E-state index contributed by atoms with van der Waals surface area (Å²) < 4.78 is 36.3. The SMILES string of the molecule is O=C(O)C(CC(F)(F)F)C1=CCCC=C1. The lowest BCUT2D eigenvalue weighted by atomic mass is 9.91. The molecule has 1 unspecified atom stereocenters. The van der Waals surface area contributed by atoms with Crippen LogP contribution in [-0.2, 0) is 4.79 Å². The Kier molecular flexibility index (Phi) is 3.55. The summed E-state index contributed by atoms with van der Waals surface area (Å²) >= 11 is 0. The van der Waals surface area contributed by atoms with Crippen molar-refractivity contribution >= 4 is 5.97 Å². The van der Waals surface area contributed by atoms with Crippen molar-refractivity contribution in [3.63, 3.8) is 0 Å². The number of carboxylic acid groups (broad SMARTS) is 1. The fourth-order valence-corrected chi connectivity index (χ4v) is 1.47. The van der Waals surface area contributed by atoms with Gasteiger partial charge in [-0.3, -0.25) is 4.79 Å². The highest BCUT2D eigenvalue weighted by Gasteiger charge is 2.36. The molecule has 0 saturated heterocycles. The molecule has 1 aliphatic rings. The summed E-state index contributed by atoms with van der Waals surface area (Å²) in [5.41, 5.74) is 0.256. The molecule has 0 saturated carbocycles. The summed E-state index contributed by atoms with van der Waals surface area (Å²) in [6, 6.07) is 0. The Morgan fingerprint density at radius 3 is 2.53 bits per heavy atom. The van der Waals surface area contributed by atoms with Crippen LogP contribution < -0.4 is 0 Å². The van der Waals surface area contributed by atoms with Gasteiger partial charge in [-0.05, 0) is 18.4 Å². The van der Waals surface area contributed by atoms with E-state index in [9.17, 15) is 18.0 Å². The number of carbonyl (C=O) groups is 1. The standard InChI is InChI=1S/C10H11F3O2/c11-10(12,13)6-8(9(14)15)7-4-2-1-3-5-7/h2,4-5,8H,1,3,6H2,(H,14,15). The molecular weight excluding hydrogens is 209 g/mol. The van der Waals surface area contributed by atoms with Crippen LogP contribution in [0, 0.1) is 5.92 Å². The van der Waals surface area contributed by atoms with E-state index in [-0.39, 0.29) is 5.57 Å². The smallest absolute Gasteiger partial charge is 0.390 e. The van der Waals surface area contributed by atoms with E-state index in [0.717, 1.165) is 6.42 Å². The molecule has 0 bridgehead atoms. The first kappa shape index (κ1) is 11.8. The van der Waals surface area contributed by atoms with E-state index in [1.54, 1.807) is 12.2 Å². The van der Waals surface area contributed by atoms with E-state index in [0.29, 0.717) is 6.42 Å². The molecule has 1 N–H and O–H groups in total. The average Bonchev–Trinajstić information content (AvgIpc) is 2.14. The summed E-state index contributed by atoms with van der Waals surface area (Å²) in [7, 11) is 0. The number of rotatable bonds is 3. The molecule has 5 heteroatoms. The Morgan fingerprint density at radius 2 is 2.13 bits per heavy atom. The van der Waals surface area contributed by atoms with Gasteiger partial charge < -0.3 is 5.11 Å². The Morgan fingerprint density at radius 1 is 1.47 bits per heavy atom. The Hall–Kier alpha value is -1.26. The zero-order valence-electron chi connectivity index (χ0n) is 7.92. The lowest BCUT2D eigenvalue weighted by Crippen LogP contribution is -2.23. The van der Waals surface area contributed by atoms with Crippen molar-refractivity contribution in [1.29, 1.82) is 0 Å². The number of aliphatic carboxylic acids is 1. The summed E-state index contributed by atoms with van der Waals surface area (Å²) in [5, 5.41) is 8.71. The first-order chi connectivity index (χ1) is 6.90. The van der Waals surface area contributed by atoms with E-state index in [4.69, 9.17) is 5.11 Å². The summed E-state index contributed by atoms with van der Waals surface area (Å²) in [6.07, 6.45) is 0.323. The molecule has 0 amide bonds. The van der Waals surface area contributed by atoms with Crippen molar-refractivity contribution in [2.24, 2.45) is 5.92 Å². The molecule has 0 aliphatic heterocycles. The molecule has 1 atom stereocenters. The highest BCUT2D eigenvalue weighted by Crippen LogP contribution is 2.31. The second kappa shape index (κ2) is 4.51. The van der Waals surface area contributed by atoms with Gasteiger partial charge in [0.1, 0.15) is 0 Å². The fourth-order valence-electron chi connectivity index (χ4n) is 1.47. The predicted molar refractivity (Wildman–Crippen MR) is 48.3 cm³/mol. The van der Waals surface area contributed by atoms with Crippen molar-refractivity contribution in [3.05, 3.63) is 23.8 Å². The fraction of sp³-hybridized carbons (Fsp3) is 0.500. The highest BCUT2D eigenvalue weighted by atomic mass is 19.4. The third-order valence-electron chi connectivity index (χ3n) is 2.16. The van der Waals surface area contributed by atoms with Crippen molar-refractivity contribution in [3.8, 4) is 0 Å². The van der Waals surface area contributed by atoms with Crippen molar-refractivity contribution in [2.75, 3.05) is 0 Å². The first-order valence-electron chi connectivity index (χ1n) is 4.56. The molecule has 1 aliphatic carbocycles.